The summed E-state index contributed by atoms with van der Waals surface area (Å²) in [5.74, 6) is 0.903. The van der Waals surface area contributed by atoms with Gasteiger partial charge >= 0.3 is 0 Å². The lowest BCUT2D eigenvalue weighted by Gasteiger charge is -2.37. The summed E-state index contributed by atoms with van der Waals surface area (Å²) in [6, 6.07) is 10.2. The lowest BCUT2D eigenvalue weighted by atomic mass is 9.92. The second kappa shape index (κ2) is 10.1. The summed E-state index contributed by atoms with van der Waals surface area (Å²) in [6.45, 7) is 3.30. The van der Waals surface area contributed by atoms with Crippen molar-refractivity contribution in [2.45, 2.75) is 25.8 Å². The van der Waals surface area contributed by atoms with E-state index >= 15 is 0 Å². The highest BCUT2D eigenvalue weighted by atomic mass is 35.5. The van der Waals surface area contributed by atoms with Crippen LogP contribution >= 0.6 is 12.4 Å². The van der Waals surface area contributed by atoms with E-state index in [1.807, 2.05) is 4.90 Å². The molecule has 0 saturated carbocycles. The van der Waals surface area contributed by atoms with Crippen LogP contribution in [0.15, 0.2) is 47.1 Å². The summed E-state index contributed by atoms with van der Waals surface area (Å²) < 4.78 is 10.7. The number of amides is 2. The fraction of sp³-hybridized carbons (Fsp3) is 0.400. The lowest BCUT2D eigenvalue weighted by molar-refractivity contribution is -0.137. The van der Waals surface area contributed by atoms with Crippen LogP contribution in [0.25, 0.3) is 0 Å². The molecule has 7 nitrogen and oxygen atoms in total. The normalized spacial score (nSPS) is 18.9. The molecule has 28 heavy (non-hydrogen) atoms. The number of halogens is 1. The molecule has 0 radical (unpaired) electrons. The topological polar surface area (TPSA) is 97.8 Å². The van der Waals surface area contributed by atoms with Crippen LogP contribution in [0.2, 0.25) is 0 Å². The number of hydrogen-bond donors (Lipinski definition) is 2. The van der Waals surface area contributed by atoms with Gasteiger partial charge in [-0.25, -0.2) is 0 Å². The molecule has 1 aromatic heterocycles. The monoisotopic (exact) mass is 407 g/mol. The molecule has 2 amide bonds. The number of piperidine rings is 1. The van der Waals surface area contributed by atoms with Crippen LogP contribution in [0.5, 0.6) is 5.75 Å². The predicted octanol–water partition coefficient (Wildman–Crippen LogP) is 2.92. The van der Waals surface area contributed by atoms with Gasteiger partial charge in [0.2, 0.25) is 0 Å². The molecule has 0 aliphatic carbocycles. The van der Waals surface area contributed by atoms with E-state index in [-0.39, 0.29) is 42.6 Å². The molecule has 152 valence electrons. The quantitative estimate of drug-likeness (QED) is 0.767. The number of likely N-dealkylation sites (tertiary alicyclic amines) is 1. The average molecular weight is 408 g/mol. The molecular weight excluding hydrogens is 382 g/mol. The molecular formula is C20H26ClN3O4. The van der Waals surface area contributed by atoms with Crippen molar-refractivity contribution in [3.8, 4) is 5.75 Å². The zero-order valence-corrected chi connectivity index (χ0v) is 16.6. The summed E-state index contributed by atoms with van der Waals surface area (Å²) in [5.41, 5.74) is 6.39. The van der Waals surface area contributed by atoms with Crippen LogP contribution in [0.4, 0.5) is 5.69 Å². The molecule has 0 bridgehead atoms. The van der Waals surface area contributed by atoms with E-state index in [2.05, 4.69) is 12.2 Å². The van der Waals surface area contributed by atoms with Crippen LogP contribution in [0.1, 0.15) is 30.3 Å². The molecule has 2 unspecified atom stereocenters. The second-order valence-electron chi connectivity index (χ2n) is 6.85. The van der Waals surface area contributed by atoms with E-state index in [9.17, 15) is 9.59 Å². The molecule has 1 saturated heterocycles. The number of nitrogens with zero attached hydrogens (tertiary/aromatic N) is 1. The van der Waals surface area contributed by atoms with Crippen LogP contribution in [-0.4, -0.2) is 42.5 Å². The maximum Gasteiger partial charge on any atom is 0.291 e. The minimum Gasteiger partial charge on any atom is -0.484 e. The number of carbonyl (C=O) groups excluding carboxylic acids is 2. The van der Waals surface area contributed by atoms with E-state index in [0.29, 0.717) is 30.4 Å². The summed E-state index contributed by atoms with van der Waals surface area (Å²) in [5, 5.41) is 2.73. The summed E-state index contributed by atoms with van der Waals surface area (Å²) in [7, 11) is 0. The predicted molar refractivity (Wildman–Crippen MR) is 109 cm³/mol. The van der Waals surface area contributed by atoms with Gasteiger partial charge in [-0.15, -0.1) is 12.4 Å². The smallest absolute Gasteiger partial charge is 0.291 e. The molecule has 1 fully saturated rings. The first-order valence-corrected chi connectivity index (χ1v) is 9.14. The second-order valence-corrected chi connectivity index (χ2v) is 6.85. The van der Waals surface area contributed by atoms with Gasteiger partial charge < -0.3 is 25.1 Å². The molecule has 2 heterocycles. The fourth-order valence-electron chi connectivity index (χ4n) is 3.30. The van der Waals surface area contributed by atoms with Crippen LogP contribution in [-0.2, 0) is 4.79 Å². The van der Waals surface area contributed by atoms with Gasteiger partial charge in [0, 0.05) is 30.9 Å². The van der Waals surface area contributed by atoms with Crippen molar-refractivity contribution < 1.29 is 18.7 Å². The molecule has 1 aliphatic rings. The van der Waals surface area contributed by atoms with Crippen molar-refractivity contribution in [2.75, 3.05) is 25.0 Å². The number of hydrogen-bond acceptors (Lipinski definition) is 5. The number of ether oxygens (including phenoxy) is 1. The maximum atomic E-state index is 12.5. The maximum absolute atomic E-state index is 12.5. The van der Waals surface area contributed by atoms with Crippen LogP contribution < -0.4 is 15.8 Å². The summed E-state index contributed by atoms with van der Waals surface area (Å²) >= 11 is 0. The molecule has 0 spiro atoms. The SMILES string of the molecule is CC1CCN(C(=O)COc2cccc(NC(=O)c3ccco3)c2)C(CN)C1.Cl. The number of nitrogens with two attached hydrogens (primary N) is 1. The van der Waals surface area contributed by atoms with Crippen molar-refractivity contribution in [3.05, 3.63) is 48.4 Å². The number of benzene rings is 1. The first-order chi connectivity index (χ1) is 13.1. The number of carbonyl (C=O) groups is 2. The minimum absolute atomic E-state index is 0. The van der Waals surface area contributed by atoms with Gasteiger partial charge in [0.05, 0.1) is 6.26 Å². The van der Waals surface area contributed by atoms with Gasteiger partial charge in [0.15, 0.2) is 12.4 Å². The van der Waals surface area contributed by atoms with E-state index in [4.69, 9.17) is 14.9 Å². The van der Waals surface area contributed by atoms with Gasteiger partial charge in [-0.2, -0.15) is 0 Å². The number of anilines is 1. The molecule has 1 aliphatic heterocycles. The van der Waals surface area contributed by atoms with Gasteiger partial charge in [-0.3, -0.25) is 9.59 Å². The average Bonchev–Trinajstić information content (AvgIpc) is 3.21. The highest BCUT2D eigenvalue weighted by Gasteiger charge is 2.29. The van der Waals surface area contributed by atoms with Gasteiger partial charge in [0.25, 0.3) is 11.8 Å². The van der Waals surface area contributed by atoms with E-state index in [1.54, 1.807) is 36.4 Å². The summed E-state index contributed by atoms with van der Waals surface area (Å²) in [4.78, 5) is 26.4. The zero-order valence-electron chi connectivity index (χ0n) is 15.8. The van der Waals surface area contributed by atoms with Gasteiger partial charge in [-0.05, 0) is 43.0 Å². The first kappa shape index (κ1) is 21.8. The van der Waals surface area contributed by atoms with Crippen molar-refractivity contribution in [2.24, 2.45) is 11.7 Å². The Balaban J connectivity index is 0.00000280. The van der Waals surface area contributed by atoms with Crippen molar-refractivity contribution >= 4 is 29.9 Å². The van der Waals surface area contributed by atoms with Gasteiger partial charge in [0.1, 0.15) is 5.75 Å². The number of rotatable bonds is 6. The Morgan fingerprint density at radius 2 is 2.14 bits per heavy atom. The lowest BCUT2D eigenvalue weighted by Crippen LogP contribution is -2.50. The number of furan rings is 1. The van der Waals surface area contributed by atoms with Crippen molar-refractivity contribution in [1.29, 1.82) is 0 Å². The third-order valence-electron chi connectivity index (χ3n) is 4.77. The minimum atomic E-state index is -0.346. The highest BCUT2D eigenvalue weighted by Crippen LogP contribution is 2.23. The molecule has 3 rings (SSSR count). The Hall–Kier alpha value is -2.51. The third kappa shape index (κ3) is 5.50. The van der Waals surface area contributed by atoms with Crippen molar-refractivity contribution in [1.82, 2.24) is 4.90 Å². The third-order valence-corrected chi connectivity index (χ3v) is 4.77. The largest absolute Gasteiger partial charge is 0.484 e. The Morgan fingerprint density at radius 3 is 2.86 bits per heavy atom. The molecule has 2 atom stereocenters. The van der Waals surface area contributed by atoms with E-state index in [1.165, 1.54) is 6.26 Å². The Bertz CT molecular complexity index is 782. The molecule has 8 heteroatoms. The number of nitrogens with one attached hydrogen (secondary N) is 1. The van der Waals surface area contributed by atoms with Gasteiger partial charge in [-0.1, -0.05) is 13.0 Å². The van der Waals surface area contributed by atoms with Crippen LogP contribution in [0, 0.1) is 5.92 Å². The molecule has 2 aromatic rings. The molecule has 1 aromatic carbocycles. The molecule has 3 N–H and O–H groups in total. The zero-order chi connectivity index (χ0) is 19.2. The summed E-state index contributed by atoms with van der Waals surface area (Å²) in [6.07, 6.45) is 3.35. The first-order valence-electron chi connectivity index (χ1n) is 9.14. The Labute approximate surface area is 170 Å². The van der Waals surface area contributed by atoms with Crippen molar-refractivity contribution in [3.63, 3.8) is 0 Å². The van der Waals surface area contributed by atoms with Crippen LogP contribution in [0.3, 0.4) is 0 Å². The Kier molecular flexibility index (Phi) is 7.90. The highest BCUT2D eigenvalue weighted by molar-refractivity contribution is 6.02. The standard InChI is InChI=1S/C20H25N3O4.ClH/c1-14-7-8-23(16(10-14)12-21)19(24)13-27-17-5-2-4-15(11-17)22-20(25)18-6-3-9-26-18;/h2-6,9,11,14,16H,7-8,10,12-13,21H2,1H3,(H,22,25);1H. The van der Waals surface area contributed by atoms with E-state index in [0.717, 1.165) is 12.8 Å². The fourth-order valence-corrected chi connectivity index (χ4v) is 3.30. The van der Waals surface area contributed by atoms with E-state index < -0.39 is 0 Å². The Morgan fingerprint density at radius 1 is 1.32 bits per heavy atom.